The quantitative estimate of drug-likeness (QED) is 0.770. The van der Waals surface area contributed by atoms with Crippen molar-refractivity contribution in [3.63, 3.8) is 0 Å². The third-order valence-electron chi connectivity index (χ3n) is 3.33. The Bertz CT molecular complexity index is 408. The molecule has 1 aromatic heterocycles. The van der Waals surface area contributed by atoms with E-state index in [0.29, 0.717) is 31.2 Å². The molecule has 104 valence electrons. The maximum atomic E-state index is 11.6. The Hall–Kier alpha value is -1.78. The summed E-state index contributed by atoms with van der Waals surface area (Å²) >= 11 is 0. The molecule has 1 aliphatic rings. The first-order valence-corrected chi connectivity index (χ1v) is 6.87. The summed E-state index contributed by atoms with van der Waals surface area (Å²) in [5.41, 5.74) is 0. The van der Waals surface area contributed by atoms with Crippen LogP contribution in [0.3, 0.4) is 0 Å². The van der Waals surface area contributed by atoms with E-state index in [0.717, 1.165) is 12.8 Å². The highest BCUT2D eigenvalue weighted by Crippen LogP contribution is 2.17. The van der Waals surface area contributed by atoms with Crippen LogP contribution in [0.1, 0.15) is 49.1 Å². The molecule has 0 radical (unpaired) electrons. The van der Waals surface area contributed by atoms with E-state index in [4.69, 9.17) is 4.42 Å². The van der Waals surface area contributed by atoms with Gasteiger partial charge in [0.25, 0.3) is 5.91 Å². The van der Waals surface area contributed by atoms with Gasteiger partial charge in [0.1, 0.15) is 0 Å². The van der Waals surface area contributed by atoms with Gasteiger partial charge in [-0.2, -0.15) is 0 Å². The van der Waals surface area contributed by atoms with Crippen molar-refractivity contribution in [1.29, 1.82) is 0 Å². The van der Waals surface area contributed by atoms with E-state index in [1.54, 1.807) is 12.1 Å². The lowest BCUT2D eigenvalue weighted by atomic mass is 10.2. The van der Waals surface area contributed by atoms with Crippen LogP contribution in [0.5, 0.6) is 0 Å². The SMILES string of the molecule is O=C(CCCNC(=O)c1ccco1)NC1CCCC1. The zero-order chi connectivity index (χ0) is 13.5. The van der Waals surface area contributed by atoms with Crippen LogP contribution in [0.15, 0.2) is 22.8 Å². The van der Waals surface area contributed by atoms with Gasteiger partial charge in [0.15, 0.2) is 5.76 Å². The molecular weight excluding hydrogens is 244 g/mol. The third-order valence-corrected chi connectivity index (χ3v) is 3.33. The zero-order valence-electron chi connectivity index (χ0n) is 11.0. The van der Waals surface area contributed by atoms with Crippen LogP contribution < -0.4 is 10.6 Å². The number of amides is 2. The number of hydrogen-bond donors (Lipinski definition) is 2. The predicted molar refractivity (Wildman–Crippen MR) is 70.7 cm³/mol. The second-order valence-corrected chi connectivity index (χ2v) is 4.89. The Balaban J connectivity index is 1.56. The Morgan fingerprint density at radius 2 is 2.11 bits per heavy atom. The molecule has 1 heterocycles. The lowest BCUT2D eigenvalue weighted by Crippen LogP contribution is -2.33. The highest BCUT2D eigenvalue weighted by atomic mass is 16.3. The van der Waals surface area contributed by atoms with Gasteiger partial charge < -0.3 is 15.1 Å². The number of rotatable bonds is 6. The second-order valence-electron chi connectivity index (χ2n) is 4.89. The average molecular weight is 264 g/mol. The van der Waals surface area contributed by atoms with Gasteiger partial charge in [0.05, 0.1) is 6.26 Å². The molecule has 1 fully saturated rings. The highest BCUT2D eigenvalue weighted by Gasteiger charge is 2.16. The van der Waals surface area contributed by atoms with E-state index >= 15 is 0 Å². The van der Waals surface area contributed by atoms with Gasteiger partial charge in [-0.15, -0.1) is 0 Å². The van der Waals surface area contributed by atoms with Crippen molar-refractivity contribution >= 4 is 11.8 Å². The smallest absolute Gasteiger partial charge is 0.286 e. The highest BCUT2D eigenvalue weighted by molar-refractivity contribution is 5.91. The fourth-order valence-electron chi connectivity index (χ4n) is 2.32. The van der Waals surface area contributed by atoms with Crippen molar-refractivity contribution in [2.24, 2.45) is 0 Å². The van der Waals surface area contributed by atoms with Gasteiger partial charge in [-0.25, -0.2) is 0 Å². The standard InChI is InChI=1S/C14H20N2O3/c17-13(16-11-5-1-2-6-11)8-3-9-15-14(18)12-7-4-10-19-12/h4,7,10-11H,1-3,5-6,8-9H2,(H,15,18)(H,16,17). The number of hydrogen-bond acceptors (Lipinski definition) is 3. The van der Waals surface area contributed by atoms with Crippen LogP contribution in [0.25, 0.3) is 0 Å². The number of furan rings is 1. The Morgan fingerprint density at radius 1 is 1.32 bits per heavy atom. The van der Waals surface area contributed by atoms with Gasteiger partial charge in [-0.3, -0.25) is 9.59 Å². The molecule has 0 saturated heterocycles. The molecule has 0 unspecified atom stereocenters. The Kier molecular flexibility index (Phi) is 5.01. The van der Waals surface area contributed by atoms with Crippen LogP contribution in [0.2, 0.25) is 0 Å². The van der Waals surface area contributed by atoms with Gasteiger partial charge in [-0.1, -0.05) is 12.8 Å². The van der Waals surface area contributed by atoms with Crippen molar-refractivity contribution in [1.82, 2.24) is 10.6 Å². The first-order chi connectivity index (χ1) is 9.25. The molecule has 0 bridgehead atoms. The monoisotopic (exact) mass is 264 g/mol. The minimum atomic E-state index is -0.235. The molecule has 0 spiro atoms. The maximum Gasteiger partial charge on any atom is 0.286 e. The van der Waals surface area contributed by atoms with E-state index in [-0.39, 0.29) is 11.8 Å². The largest absolute Gasteiger partial charge is 0.459 e. The molecule has 19 heavy (non-hydrogen) atoms. The molecule has 0 atom stereocenters. The second kappa shape index (κ2) is 6.97. The number of carbonyl (C=O) groups is 2. The summed E-state index contributed by atoms with van der Waals surface area (Å²) in [5, 5.41) is 5.75. The van der Waals surface area contributed by atoms with Crippen molar-refractivity contribution < 1.29 is 14.0 Å². The molecule has 1 aromatic rings. The third kappa shape index (κ3) is 4.43. The number of carbonyl (C=O) groups excluding carboxylic acids is 2. The summed E-state index contributed by atoms with van der Waals surface area (Å²) in [4.78, 5) is 23.2. The molecule has 2 amide bonds. The summed E-state index contributed by atoms with van der Waals surface area (Å²) in [7, 11) is 0. The summed E-state index contributed by atoms with van der Waals surface area (Å²) in [6.07, 6.45) is 7.18. The Labute approximate surface area is 112 Å². The van der Waals surface area contributed by atoms with E-state index < -0.39 is 0 Å². The molecular formula is C14H20N2O3. The molecule has 0 aromatic carbocycles. The first-order valence-electron chi connectivity index (χ1n) is 6.87. The van der Waals surface area contributed by atoms with Gasteiger partial charge in [-0.05, 0) is 31.4 Å². The minimum absolute atomic E-state index is 0.0825. The Morgan fingerprint density at radius 3 is 2.79 bits per heavy atom. The van der Waals surface area contributed by atoms with E-state index in [1.165, 1.54) is 19.1 Å². The molecule has 1 saturated carbocycles. The summed E-state index contributed by atoms with van der Waals surface area (Å²) in [5.74, 6) is 0.149. The van der Waals surface area contributed by atoms with Crippen molar-refractivity contribution in [3.8, 4) is 0 Å². The number of nitrogens with one attached hydrogen (secondary N) is 2. The fraction of sp³-hybridized carbons (Fsp3) is 0.571. The molecule has 2 rings (SSSR count). The summed E-state index contributed by atoms with van der Waals surface area (Å²) in [6, 6.07) is 3.65. The van der Waals surface area contributed by atoms with Gasteiger partial charge in [0, 0.05) is 19.0 Å². The van der Waals surface area contributed by atoms with E-state index in [9.17, 15) is 9.59 Å². The van der Waals surface area contributed by atoms with Crippen molar-refractivity contribution in [2.45, 2.75) is 44.6 Å². The average Bonchev–Trinajstić information content (AvgIpc) is 3.06. The zero-order valence-corrected chi connectivity index (χ0v) is 11.0. The molecule has 2 N–H and O–H groups in total. The lowest BCUT2D eigenvalue weighted by Gasteiger charge is -2.11. The van der Waals surface area contributed by atoms with Crippen molar-refractivity contribution in [2.75, 3.05) is 6.54 Å². The minimum Gasteiger partial charge on any atom is -0.459 e. The van der Waals surface area contributed by atoms with Gasteiger partial charge in [0.2, 0.25) is 5.91 Å². The molecule has 5 heteroatoms. The van der Waals surface area contributed by atoms with Crippen LogP contribution in [-0.4, -0.2) is 24.4 Å². The maximum absolute atomic E-state index is 11.6. The summed E-state index contributed by atoms with van der Waals surface area (Å²) < 4.78 is 4.97. The van der Waals surface area contributed by atoms with E-state index in [2.05, 4.69) is 10.6 Å². The topological polar surface area (TPSA) is 71.3 Å². The van der Waals surface area contributed by atoms with Crippen LogP contribution in [0, 0.1) is 0 Å². The predicted octanol–water partition coefficient (Wildman–Crippen LogP) is 1.85. The lowest BCUT2D eigenvalue weighted by molar-refractivity contribution is -0.121. The van der Waals surface area contributed by atoms with Crippen LogP contribution in [0.4, 0.5) is 0 Å². The van der Waals surface area contributed by atoms with Crippen molar-refractivity contribution in [3.05, 3.63) is 24.2 Å². The van der Waals surface area contributed by atoms with E-state index in [1.807, 2.05) is 0 Å². The van der Waals surface area contributed by atoms with Crippen LogP contribution >= 0.6 is 0 Å². The molecule has 1 aliphatic carbocycles. The first kappa shape index (κ1) is 13.6. The molecule has 5 nitrogen and oxygen atoms in total. The molecule has 0 aliphatic heterocycles. The fourth-order valence-corrected chi connectivity index (χ4v) is 2.32. The van der Waals surface area contributed by atoms with Gasteiger partial charge >= 0.3 is 0 Å². The normalized spacial score (nSPS) is 15.4. The summed E-state index contributed by atoms with van der Waals surface area (Å²) in [6.45, 7) is 0.484. The van der Waals surface area contributed by atoms with Crippen LogP contribution in [-0.2, 0) is 4.79 Å².